The molecule has 17 nitrogen and oxygen atoms in total. The Kier molecular flexibility index (Phi) is 7.42. The van der Waals surface area contributed by atoms with Crippen molar-refractivity contribution in [2.75, 3.05) is 25.6 Å². The minimum absolute atomic E-state index is 0.0865. The lowest BCUT2D eigenvalue weighted by molar-refractivity contribution is -0.0408. The molecular formula is C21H24FN9O8P2S2. The Morgan fingerprint density at radius 3 is 2.51 bits per heavy atom. The first-order chi connectivity index (χ1) is 20.5. The molecule has 22 heteroatoms. The van der Waals surface area contributed by atoms with Crippen molar-refractivity contribution >= 4 is 66.2 Å². The molecule has 3 N–H and O–H groups in total. The largest absolute Gasteiger partial charge is 0.386 e. The number of nitrogens with zero attached hydrogens (tertiary/aromatic N) is 7. The summed E-state index contributed by atoms with van der Waals surface area (Å²) >= 11 is 8.21. The minimum atomic E-state index is -4.16. The fraction of sp³-hybridized carbons (Fsp3) is 0.524. The lowest BCUT2D eigenvalue weighted by Gasteiger charge is -2.45. The van der Waals surface area contributed by atoms with Crippen molar-refractivity contribution in [1.29, 1.82) is 0 Å². The van der Waals surface area contributed by atoms with Gasteiger partial charge in [-0.05, 0) is 12.3 Å². The smallest absolute Gasteiger partial charge is 0.382 e. The summed E-state index contributed by atoms with van der Waals surface area (Å²) in [5.41, 5.74) is 6.40. The lowest BCUT2D eigenvalue weighted by Crippen LogP contribution is -2.43. The van der Waals surface area contributed by atoms with Crippen molar-refractivity contribution in [3.8, 4) is 0 Å². The summed E-state index contributed by atoms with van der Waals surface area (Å²) in [7, 11) is 0. The third kappa shape index (κ3) is 5.32. The maximum Gasteiger partial charge on any atom is 0.386 e. The van der Waals surface area contributed by atoms with Crippen molar-refractivity contribution < 1.29 is 36.4 Å². The normalized spacial score (nSPS) is 37.1. The van der Waals surface area contributed by atoms with Crippen molar-refractivity contribution in [3.63, 3.8) is 0 Å². The molecule has 4 aromatic rings. The number of aromatic nitrogens is 8. The number of hydrogen-bond acceptors (Lipinski definition) is 14. The fourth-order valence-corrected chi connectivity index (χ4v) is 8.33. The van der Waals surface area contributed by atoms with Gasteiger partial charge in [-0.25, -0.2) is 38.4 Å². The van der Waals surface area contributed by atoms with Crippen LogP contribution in [0.15, 0.2) is 30.1 Å². The molecule has 0 spiro atoms. The summed E-state index contributed by atoms with van der Waals surface area (Å²) in [6, 6.07) is -0.284. The maximum absolute atomic E-state index is 16.0. The van der Waals surface area contributed by atoms with Gasteiger partial charge in [0.15, 0.2) is 35.0 Å². The van der Waals surface area contributed by atoms with E-state index >= 15 is 4.39 Å². The average molecular weight is 676 g/mol. The highest BCUT2D eigenvalue weighted by Gasteiger charge is 2.52. The molecule has 7 rings (SSSR count). The number of rotatable bonds is 2. The molecule has 3 aliphatic rings. The van der Waals surface area contributed by atoms with Crippen LogP contribution in [-0.2, 0) is 32.0 Å². The SMILES string of the molecule is Nc1ncnc2c1ncn2[C@@H]1O[C@@H]2COP(=O)(S)OC[C@@H]3[C@@H](COP(=O)(S)O[C@H]2[C@H]1F)C[C@H]3n1cnc2c(=O)[nH]cnc21. The summed E-state index contributed by atoms with van der Waals surface area (Å²) in [6.45, 7) is -8.89. The zero-order valence-corrected chi connectivity index (χ0v) is 25.4. The second-order valence-electron chi connectivity index (χ2n) is 10.3. The van der Waals surface area contributed by atoms with Gasteiger partial charge in [0.05, 0.1) is 38.8 Å². The van der Waals surface area contributed by atoms with Gasteiger partial charge in [0.25, 0.3) is 5.56 Å². The molecule has 0 aromatic carbocycles. The number of imidazole rings is 2. The molecule has 230 valence electrons. The maximum atomic E-state index is 16.0. The third-order valence-electron chi connectivity index (χ3n) is 7.83. The van der Waals surface area contributed by atoms with E-state index in [1.54, 1.807) is 4.57 Å². The number of nitrogen functional groups attached to an aromatic ring is 1. The molecule has 2 saturated heterocycles. The number of halogens is 1. The molecule has 0 bridgehead atoms. The molecule has 0 amide bonds. The van der Waals surface area contributed by atoms with E-state index in [0.29, 0.717) is 12.1 Å². The Bertz CT molecular complexity index is 1860. The molecule has 0 radical (unpaired) electrons. The van der Waals surface area contributed by atoms with Gasteiger partial charge in [-0.2, -0.15) is 0 Å². The van der Waals surface area contributed by atoms with E-state index in [1.807, 2.05) is 0 Å². The number of H-pyrrole nitrogens is 1. The minimum Gasteiger partial charge on any atom is -0.382 e. The van der Waals surface area contributed by atoms with E-state index in [-0.39, 0.29) is 53.6 Å². The highest BCUT2D eigenvalue weighted by Crippen LogP contribution is 2.60. The van der Waals surface area contributed by atoms with Crippen LogP contribution in [0.5, 0.6) is 0 Å². The lowest BCUT2D eigenvalue weighted by atomic mass is 9.70. The number of thiol groups is 2. The van der Waals surface area contributed by atoms with Crippen LogP contribution in [0.1, 0.15) is 18.7 Å². The zero-order valence-electron chi connectivity index (χ0n) is 21.8. The summed E-state index contributed by atoms with van der Waals surface area (Å²) in [6.07, 6.45) is -0.365. The number of aromatic amines is 1. The van der Waals surface area contributed by atoms with Crippen molar-refractivity contribution in [2.45, 2.75) is 37.1 Å². The number of anilines is 1. The second kappa shape index (κ2) is 10.9. The Labute approximate surface area is 251 Å². The van der Waals surface area contributed by atoms with E-state index in [4.69, 9.17) is 28.6 Å². The van der Waals surface area contributed by atoms with Crippen LogP contribution in [0.3, 0.4) is 0 Å². The molecule has 6 heterocycles. The van der Waals surface area contributed by atoms with Gasteiger partial charge in [-0.3, -0.25) is 18.4 Å². The van der Waals surface area contributed by atoms with Crippen LogP contribution in [0, 0.1) is 11.8 Å². The molecule has 1 aliphatic carbocycles. The quantitative estimate of drug-likeness (QED) is 0.178. The first-order valence-corrected chi connectivity index (χ1v) is 18.3. The van der Waals surface area contributed by atoms with Crippen LogP contribution in [0.2, 0.25) is 0 Å². The molecule has 4 aromatic heterocycles. The highest BCUT2D eigenvalue weighted by molar-refractivity contribution is 8.44. The molecule has 2 aliphatic heterocycles. The molecule has 9 atom stereocenters. The topological polar surface area (TPSA) is 213 Å². The zero-order chi connectivity index (χ0) is 30.1. The molecule has 1 saturated carbocycles. The third-order valence-corrected chi connectivity index (χ3v) is 11.1. The summed E-state index contributed by atoms with van der Waals surface area (Å²) < 4.78 is 73.8. The predicted octanol–water partition coefficient (Wildman–Crippen LogP) is 2.48. The van der Waals surface area contributed by atoms with Crippen LogP contribution in [0.25, 0.3) is 22.3 Å². The van der Waals surface area contributed by atoms with Crippen LogP contribution in [0.4, 0.5) is 10.2 Å². The number of nitrogens with one attached hydrogen (secondary N) is 1. The van der Waals surface area contributed by atoms with Crippen molar-refractivity contribution in [1.82, 2.24) is 39.0 Å². The average Bonchev–Trinajstić information content (AvgIpc) is 3.64. The van der Waals surface area contributed by atoms with E-state index in [9.17, 15) is 13.9 Å². The van der Waals surface area contributed by atoms with E-state index in [1.165, 1.54) is 29.9 Å². The van der Waals surface area contributed by atoms with Gasteiger partial charge in [0.2, 0.25) is 0 Å². The van der Waals surface area contributed by atoms with Crippen LogP contribution in [-0.4, -0.2) is 77.2 Å². The predicted molar refractivity (Wildman–Crippen MR) is 153 cm³/mol. The Morgan fingerprint density at radius 1 is 0.953 bits per heavy atom. The van der Waals surface area contributed by atoms with Gasteiger partial charge in [0, 0.05) is 12.0 Å². The van der Waals surface area contributed by atoms with Crippen molar-refractivity contribution in [3.05, 3.63) is 35.7 Å². The van der Waals surface area contributed by atoms with Gasteiger partial charge in [-0.15, -0.1) is 0 Å². The monoisotopic (exact) mass is 675 g/mol. The number of fused-ring (bicyclic) bond motifs is 4. The number of nitrogens with two attached hydrogens (primary N) is 1. The van der Waals surface area contributed by atoms with Gasteiger partial charge in [-0.1, -0.05) is 24.5 Å². The standard InChI is InChI=1S/C21H24FN9O8P2S2/c22-13-16-12(38-21(13)31-8-28-14-17(23)24-5-25-18(14)31)4-37-40(33,42)36-3-10-9(2-35-41(34,43)39-16)1-11(10)30-7-29-15-19(30)26-6-27-20(15)32/h5-13,16,21H,1-4H2,(H,33,42)(H,34,43)(H2,23,24,25)(H,26,27,32)/t9-,10-,11-,12-,13-,16-,21-,40?,41?/m1/s1. The molecular weight excluding hydrogens is 651 g/mol. The summed E-state index contributed by atoms with van der Waals surface area (Å²) in [4.78, 5) is 35.1. The second-order valence-corrected chi connectivity index (χ2v) is 16.1. The van der Waals surface area contributed by atoms with Gasteiger partial charge in [0.1, 0.15) is 24.1 Å². The molecule has 2 unspecified atom stereocenters. The Hall–Kier alpha value is -2.41. The van der Waals surface area contributed by atoms with E-state index in [2.05, 4.69) is 54.4 Å². The van der Waals surface area contributed by atoms with Crippen molar-refractivity contribution in [2.24, 2.45) is 11.8 Å². The Morgan fingerprint density at radius 2 is 1.67 bits per heavy atom. The van der Waals surface area contributed by atoms with E-state index < -0.39 is 50.4 Å². The number of alkyl halides is 1. The Balaban J connectivity index is 1.14. The van der Waals surface area contributed by atoms with E-state index in [0.717, 1.165) is 0 Å². The van der Waals surface area contributed by atoms with Crippen LogP contribution >= 0.6 is 38.1 Å². The molecule has 3 fully saturated rings. The first-order valence-electron chi connectivity index (χ1n) is 12.9. The first kappa shape index (κ1) is 29.3. The summed E-state index contributed by atoms with van der Waals surface area (Å²) in [5, 5.41) is 0. The van der Waals surface area contributed by atoms with Crippen LogP contribution < -0.4 is 11.3 Å². The number of ether oxygens (including phenoxy) is 1. The fourth-order valence-electron chi connectivity index (χ4n) is 5.64. The van der Waals surface area contributed by atoms with Gasteiger partial charge >= 0.3 is 13.6 Å². The molecule has 43 heavy (non-hydrogen) atoms. The summed E-state index contributed by atoms with van der Waals surface area (Å²) in [5.74, 6) is -0.562. The highest BCUT2D eigenvalue weighted by atomic mass is 32.7. The number of hydrogen-bond donors (Lipinski definition) is 4. The van der Waals surface area contributed by atoms with Gasteiger partial charge < -0.3 is 29.1 Å².